The molecular formula is C12H7N3O6S4. The second-order valence-electron chi connectivity index (χ2n) is 4.07. The number of rotatable bonds is 3. The van der Waals surface area contributed by atoms with E-state index in [0.717, 1.165) is 0 Å². The SMILES string of the molecule is C1=CSC(=C2SC=CS2)S1.O=[N+]([O-])c1cc([N+](=O)[O-])cc([N+](=O)[O-])c1. The maximum Gasteiger partial charge on any atom is 0.283 e. The van der Waals surface area contributed by atoms with E-state index in [1.165, 1.54) is 8.47 Å². The van der Waals surface area contributed by atoms with Gasteiger partial charge in [0.25, 0.3) is 17.1 Å². The summed E-state index contributed by atoms with van der Waals surface area (Å²) < 4.78 is 2.86. The molecule has 0 radical (unpaired) electrons. The molecule has 0 fully saturated rings. The smallest absolute Gasteiger partial charge is 0.258 e. The van der Waals surface area contributed by atoms with Crippen molar-refractivity contribution in [2.75, 3.05) is 0 Å². The summed E-state index contributed by atoms with van der Waals surface area (Å²) in [5.41, 5.74) is -2.05. The van der Waals surface area contributed by atoms with E-state index in [1.54, 1.807) is 0 Å². The average Bonchev–Trinajstić information content (AvgIpc) is 3.27. The number of thioether (sulfide) groups is 4. The fourth-order valence-electron chi connectivity index (χ4n) is 1.50. The second kappa shape index (κ2) is 8.94. The summed E-state index contributed by atoms with van der Waals surface area (Å²) in [5.74, 6) is 0. The normalized spacial score (nSPS) is 15.0. The van der Waals surface area contributed by atoms with Crippen molar-refractivity contribution < 1.29 is 14.8 Å². The Labute approximate surface area is 157 Å². The van der Waals surface area contributed by atoms with Crippen LogP contribution in [0.25, 0.3) is 0 Å². The van der Waals surface area contributed by atoms with Gasteiger partial charge >= 0.3 is 0 Å². The monoisotopic (exact) mass is 417 g/mol. The summed E-state index contributed by atoms with van der Waals surface area (Å²) in [6.07, 6.45) is 0. The molecule has 1 aromatic carbocycles. The molecule has 0 N–H and O–H groups in total. The summed E-state index contributed by atoms with van der Waals surface area (Å²) in [7, 11) is 0. The van der Waals surface area contributed by atoms with Crippen molar-refractivity contribution in [2.24, 2.45) is 0 Å². The number of nitrogens with zero attached hydrogens (tertiary/aromatic N) is 3. The zero-order valence-electron chi connectivity index (χ0n) is 12.0. The van der Waals surface area contributed by atoms with Crippen LogP contribution in [0.5, 0.6) is 0 Å². The van der Waals surface area contributed by atoms with Crippen LogP contribution in [0.1, 0.15) is 0 Å². The highest BCUT2D eigenvalue weighted by Crippen LogP contribution is 2.50. The van der Waals surface area contributed by atoms with Gasteiger partial charge in [-0.1, -0.05) is 47.0 Å². The Morgan fingerprint density at radius 1 is 0.560 bits per heavy atom. The number of non-ortho nitro benzene ring substituents is 3. The third-order valence-corrected chi connectivity index (χ3v) is 7.28. The van der Waals surface area contributed by atoms with Gasteiger partial charge in [0.05, 0.1) is 41.4 Å². The van der Waals surface area contributed by atoms with Gasteiger partial charge in [-0.05, 0) is 21.6 Å². The van der Waals surface area contributed by atoms with E-state index in [4.69, 9.17) is 0 Å². The predicted molar refractivity (Wildman–Crippen MR) is 102 cm³/mol. The largest absolute Gasteiger partial charge is 0.283 e. The van der Waals surface area contributed by atoms with Crippen LogP contribution in [-0.4, -0.2) is 14.8 Å². The van der Waals surface area contributed by atoms with Crippen molar-refractivity contribution >= 4 is 64.1 Å². The van der Waals surface area contributed by atoms with Crippen LogP contribution < -0.4 is 0 Å². The lowest BCUT2D eigenvalue weighted by atomic mass is 10.2. The molecule has 0 amide bonds. The maximum atomic E-state index is 10.3. The zero-order valence-corrected chi connectivity index (χ0v) is 15.2. The van der Waals surface area contributed by atoms with Gasteiger partial charge in [-0.15, -0.1) is 0 Å². The summed E-state index contributed by atoms with van der Waals surface area (Å²) in [6, 6.07) is 1.98. The van der Waals surface area contributed by atoms with Crippen LogP contribution in [0.2, 0.25) is 0 Å². The van der Waals surface area contributed by atoms with Crippen LogP contribution in [0.15, 0.2) is 48.3 Å². The molecule has 2 aliphatic rings. The molecule has 9 nitrogen and oxygen atoms in total. The van der Waals surface area contributed by atoms with Gasteiger partial charge in [0.15, 0.2) is 0 Å². The van der Waals surface area contributed by atoms with Gasteiger partial charge in [0.2, 0.25) is 0 Å². The molecule has 1 aromatic rings. The van der Waals surface area contributed by atoms with Gasteiger partial charge in [0.1, 0.15) is 0 Å². The van der Waals surface area contributed by atoms with Crippen molar-refractivity contribution in [1.29, 1.82) is 0 Å². The lowest BCUT2D eigenvalue weighted by Gasteiger charge is -1.97. The van der Waals surface area contributed by atoms with Gasteiger partial charge in [-0.3, -0.25) is 30.3 Å². The number of hydrogen-bond acceptors (Lipinski definition) is 10. The minimum atomic E-state index is -0.931. The Morgan fingerprint density at radius 3 is 1.00 bits per heavy atom. The van der Waals surface area contributed by atoms with Crippen LogP contribution in [0.4, 0.5) is 17.1 Å². The summed E-state index contributed by atoms with van der Waals surface area (Å²) in [6.45, 7) is 0. The van der Waals surface area contributed by atoms with Crippen LogP contribution in [0.3, 0.4) is 0 Å². The minimum absolute atomic E-state index is 0.660. The molecule has 0 atom stereocenters. The minimum Gasteiger partial charge on any atom is -0.258 e. The number of nitro groups is 3. The molecule has 0 unspecified atom stereocenters. The van der Waals surface area contributed by atoms with Crippen molar-refractivity contribution in [3.8, 4) is 0 Å². The van der Waals surface area contributed by atoms with Gasteiger partial charge in [-0.2, -0.15) is 0 Å². The van der Waals surface area contributed by atoms with E-state index in [-0.39, 0.29) is 0 Å². The molecule has 2 heterocycles. The number of nitro benzene ring substituents is 3. The molecule has 0 saturated carbocycles. The molecule has 0 aromatic heterocycles. The van der Waals surface area contributed by atoms with E-state index in [9.17, 15) is 30.3 Å². The second-order valence-corrected chi connectivity index (χ2v) is 8.25. The van der Waals surface area contributed by atoms with E-state index in [0.29, 0.717) is 18.2 Å². The zero-order chi connectivity index (χ0) is 18.4. The highest BCUT2D eigenvalue weighted by Gasteiger charge is 2.21. The van der Waals surface area contributed by atoms with E-state index >= 15 is 0 Å². The lowest BCUT2D eigenvalue weighted by molar-refractivity contribution is -0.403. The summed E-state index contributed by atoms with van der Waals surface area (Å²) in [5, 5.41) is 39.5. The molecule has 13 heteroatoms. The Morgan fingerprint density at radius 2 is 0.800 bits per heavy atom. The van der Waals surface area contributed by atoms with Crippen molar-refractivity contribution in [2.45, 2.75) is 0 Å². The Bertz CT molecular complexity index is 700. The molecule has 2 aliphatic heterocycles. The van der Waals surface area contributed by atoms with Crippen molar-refractivity contribution in [3.05, 3.63) is 78.6 Å². The lowest BCUT2D eigenvalue weighted by Crippen LogP contribution is -1.96. The molecule has 25 heavy (non-hydrogen) atoms. The molecule has 0 bridgehead atoms. The van der Waals surface area contributed by atoms with Crippen molar-refractivity contribution in [3.63, 3.8) is 0 Å². The van der Waals surface area contributed by atoms with Crippen molar-refractivity contribution in [1.82, 2.24) is 0 Å². The number of hydrogen-bond donors (Lipinski definition) is 0. The topological polar surface area (TPSA) is 129 Å². The first kappa shape index (κ1) is 19.4. The van der Waals surface area contributed by atoms with E-state index in [1.807, 2.05) is 47.0 Å². The van der Waals surface area contributed by atoms with Gasteiger partial charge < -0.3 is 0 Å². The summed E-state index contributed by atoms with van der Waals surface area (Å²) in [4.78, 5) is 28.1. The molecule has 0 saturated heterocycles. The number of benzene rings is 1. The Balaban J connectivity index is 0.000000194. The van der Waals surface area contributed by atoms with Crippen LogP contribution in [-0.2, 0) is 0 Å². The first-order chi connectivity index (χ1) is 11.9. The Kier molecular flexibility index (Phi) is 6.92. The highest BCUT2D eigenvalue weighted by molar-refractivity contribution is 8.33. The first-order valence-electron chi connectivity index (χ1n) is 6.17. The molecule has 130 valence electrons. The maximum absolute atomic E-state index is 10.3. The third-order valence-electron chi connectivity index (χ3n) is 2.50. The average molecular weight is 417 g/mol. The molecule has 3 rings (SSSR count). The highest BCUT2D eigenvalue weighted by atomic mass is 32.2. The fourth-order valence-corrected chi connectivity index (χ4v) is 5.54. The molecular weight excluding hydrogens is 410 g/mol. The molecule has 0 spiro atoms. The van der Waals surface area contributed by atoms with Crippen LogP contribution in [0, 0.1) is 30.3 Å². The Hall–Kier alpha value is -1.96. The fraction of sp³-hybridized carbons (Fsp3) is 0. The first-order valence-corrected chi connectivity index (χ1v) is 9.69. The molecule has 0 aliphatic carbocycles. The van der Waals surface area contributed by atoms with Crippen LogP contribution >= 0.6 is 47.0 Å². The van der Waals surface area contributed by atoms with Gasteiger partial charge in [0, 0.05) is 0 Å². The summed E-state index contributed by atoms with van der Waals surface area (Å²) >= 11 is 7.28. The van der Waals surface area contributed by atoms with E-state index < -0.39 is 31.8 Å². The standard InChI is InChI=1S/C6H3N3O6.C6H4S4/c10-7(11)4-1-5(8(12)13)3-6(2-4)9(14)15;1-2-8-5(7-1)6-9-3-4-10-6/h1-3H;1-4H. The quantitative estimate of drug-likeness (QED) is 0.463. The predicted octanol–water partition coefficient (Wildman–Crippen LogP) is 5.43. The van der Waals surface area contributed by atoms with E-state index in [2.05, 4.69) is 21.6 Å². The third kappa shape index (κ3) is 5.52. The van der Waals surface area contributed by atoms with Gasteiger partial charge in [-0.25, -0.2) is 0 Å².